The van der Waals surface area contributed by atoms with E-state index in [9.17, 15) is 0 Å². The molecule has 2 rings (SSSR count). The maximum atomic E-state index is 5.49. The zero-order chi connectivity index (χ0) is 9.47. The first-order valence-electron chi connectivity index (χ1n) is 4.59. The van der Waals surface area contributed by atoms with Crippen molar-refractivity contribution in [3.8, 4) is 0 Å². The van der Waals surface area contributed by atoms with Crippen LogP contribution in [0, 0.1) is 11.3 Å². The van der Waals surface area contributed by atoms with Gasteiger partial charge in [0.25, 0.3) is 0 Å². The second kappa shape index (κ2) is 2.72. The third-order valence-corrected chi connectivity index (χ3v) is 2.65. The van der Waals surface area contributed by atoms with Crippen LogP contribution < -0.4 is 4.84 Å². The molecular formula is C9H15N3O. The lowest BCUT2D eigenvalue weighted by molar-refractivity contribution is 0.00848. The summed E-state index contributed by atoms with van der Waals surface area (Å²) in [6.07, 6.45) is 2.58. The van der Waals surface area contributed by atoms with E-state index in [-0.39, 0.29) is 5.41 Å². The molecule has 72 valence electrons. The van der Waals surface area contributed by atoms with Crippen molar-refractivity contribution >= 4 is 0 Å². The second-order valence-electron chi connectivity index (χ2n) is 4.64. The summed E-state index contributed by atoms with van der Waals surface area (Å²) in [5, 5.41) is 7.82. The third kappa shape index (κ3) is 1.53. The molecule has 0 radical (unpaired) electrons. The summed E-state index contributed by atoms with van der Waals surface area (Å²) in [5.74, 6) is 1.47. The Balaban J connectivity index is 2.18. The van der Waals surface area contributed by atoms with Crippen LogP contribution in [0.25, 0.3) is 0 Å². The monoisotopic (exact) mass is 181 g/mol. The Labute approximate surface area is 77.9 Å². The molecule has 2 heterocycles. The van der Waals surface area contributed by atoms with Gasteiger partial charge >= 0.3 is 0 Å². The van der Waals surface area contributed by atoms with Crippen molar-refractivity contribution in [1.82, 2.24) is 14.9 Å². The summed E-state index contributed by atoms with van der Waals surface area (Å²) in [5.41, 5.74) is 0.275. The molecule has 0 saturated carbocycles. The molecule has 4 heteroatoms. The second-order valence-corrected chi connectivity index (χ2v) is 4.64. The fourth-order valence-corrected chi connectivity index (χ4v) is 1.49. The van der Waals surface area contributed by atoms with Crippen LogP contribution in [0.5, 0.6) is 0 Å². The predicted molar refractivity (Wildman–Crippen MR) is 48.1 cm³/mol. The van der Waals surface area contributed by atoms with E-state index in [4.69, 9.17) is 4.84 Å². The van der Waals surface area contributed by atoms with Crippen molar-refractivity contribution in [3.05, 3.63) is 12.2 Å². The Hall–Kier alpha value is -1.06. The van der Waals surface area contributed by atoms with E-state index in [1.54, 1.807) is 11.1 Å². The molecule has 0 aromatic carbocycles. The first-order chi connectivity index (χ1) is 6.07. The van der Waals surface area contributed by atoms with Gasteiger partial charge < -0.3 is 4.84 Å². The van der Waals surface area contributed by atoms with Gasteiger partial charge in [0.1, 0.15) is 6.61 Å². The average molecular weight is 181 g/mol. The van der Waals surface area contributed by atoms with Gasteiger partial charge in [0.15, 0.2) is 12.2 Å². The topological polar surface area (TPSA) is 39.9 Å². The summed E-state index contributed by atoms with van der Waals surface area (Å²) >= 11 is 0. The fraction of sp³-hybridized carbons (Fsp3) is 0.778. The van der Waals surface area contributed by atoms with Gasteiger partial charge in [-0.3, -0.25) is 0 Å². The summed E-state index contributed by atoms with van der Waals surface area (Å²) < 4.78 is 1.67. The fourth-order valence-electron chi connectivity index (χ4n) is 1.49. The van der Waals surface area contributed by atoms with Crippen LogP contribution in [0.2, 0.25) is 0 Å². The molecule has 4 nitrogen and oxygen atoms in total. The SMILES string of the molecule is CC(C)(C)C1COn2cnnc2C1. The maximum Gasteiger partial charge on any atom is 0.169 e. The molecule has 1 unspecified atom stereocenters. The number of hydrogen-bond donors (Lipinski definition) is 0. The van der Waals surface area contributed by atoms with E-state index in [0.717, 1.165) is 18.9 Å². The van der Waals surface area contributed by atoms with Gasteiger partial charge in [-0.1, -0.05) is 20.8 Å². The van der Waals surface area contributed by atoms with Gasteiger partial charge in [0, 0.05) is 12.3 Å². The number of rotatable bonds is 0. The number of aromatic nitrogens is 3. The highest BCUT2D eigenvalue weighted by atomic mass is 16.7. The van der Waals surface area contributed by atoms with Crippen molar-refractivity contribution < 1.29 is 4.84 Å². The van der Waals surface area contributed by atoms with E-state index >= 15 is 0 Å². The average Bonchev–Trinajstić information content (AvgIpc) is 2.47. The summed E-state index contributed by atoms with van der Waals surface area (Å²) in [7, 11) is 0. The lowest BCUT2D eigenvalue weighted by Crippen LogP contribution is -2.36. The molecule has 0 amide bonds. The van der Waals surface area contributed by atoms with Crippen LogP contribution in [-0.4, -0.2) is 21.5 Å². The molecule has 1 atom stereocenters. The molecular weight excluding hydrogens is 166 g/mol. The molecule has 0 bridgehead atoms. The lowest BCUT2D eigenvalue weighted by atomic mass is 9.79. The molecule has 1 aromatic rings. The zero-order valence-electron chi connectivity index (χ0n) is 8.32. The van der Waals surface area contributed by atoms with E-state index in [0.29, 0.717) is 5.92 Å². The number of fused-ring (bicyclic) bond motifs is 1. The van der Waals surface area contributed by atoms with Gasteiger partial charge in [-0.2, -0.15) is 4.73 Å². The highest BCUT2D eigenvalue weighted by Crippen LogP contribution is 2.30. The van der Waals surface area contributed by atoms with Crippen molar-refractivity contribution in [2.75, 3.05) is 6.61 Å². The van der Waals surface area contributed by atoms with Crippen LogP contribution in [-0.2, 0) is 6.42 Å². The molecule has 1 aromatic heterocycles. The van der Waals surface area contributed by atoms with Crippen LogP contribution in [0.3, 0.4) is 0 Å². The zero-order valence-corrected chi connectivity index (χ0v) is 8.32. The van der Waals surface area contributed by atoms with Gasteiger partial charge in [-0.25, -0.2) is 0 Å². The highest BCUT2D eigenvalue weighted by Gasteiger charge is 2.30. The molecule has 0 saturated heterocycles. The highest BCUT2D eigenvalue weighted by molar-refractivity contribution is 4.92. The summed E-state index contributed by atoms with van der Waals surface area (Å²) in [4.78, 5) is 5.49. The quantitative estimate of drug-likeness (QED) is 0.597. The number of nitrogens with zero attached hydrogens (tertiary/aromatic N) is 3. The Morgan fingerprint density at radius 3 is 3.00 bits per heavy atom. The first-order valence-corrected chi connectivity index (χ1v) is 4.59. The Morgan fingerprint density at radius 2 is 2.31 bits per heavy atom. The Morgan fingerprint density at radius 1 is 1.54 bits per heavy atom. The summed E-state index contributed by atoms with van der Waals surface area (Å²) in [6, 6.07) is 0. The van der Waals surface area contributed by atoms with E-state index in [2.05, 4.69) is 31.0 Å². The van der Waals surface area contributed by atoms with Gasteiger partial charge in [-0.05, 0) is 5.41 Å². The predicted octanol–water partition coefficient (Wildman–Crippen LogP) is 0.925. The van der Waals surface area contributed by atoms with Gasteiger partial charge in [0.05, 0.1) is 0 Å². The van der Waals surface area contributed by atoms with E-state index < -0.39 is 0 Å². The smallest absolute Gasteiger partial charge is 0.169 e. The molecule has 0 aliphatic carbocycles. The lowest BCUT2D eigenvalue weighted by Gasteiger charge is -2.33. The molecule has 0 fully saturated rings. The Kier molecular flexibility index (Phi) is 1.78. The maximum absolute atomic E-state index is 5.49. The molecule has 1 aliphatic heterocycles. The van der Waals surface area contributed by atoms with Gasteiger partial charge in [0.2, 0.25) is 0 Å². The normalized spacial score (nSPS) is 22.2. The van der Waals surface area contributed by atoms with Crippen LogP contribution in [0.1, 0.15) is 26.6 Å². The van der Waals surface area contributed by atoms with Crippen molar-refractivity contribution in [1.29, 1.82) is 0 Å². The molecule has 0 spiro atoms. The van der Waals surface area contributed by atoms with Crippen LogP contribution in [0.15, 0.2) is 6.33 Å². The van der Waals surface area contributed by atoms with Gasteiger partial charge in [-0.15, -0.1) is 10.2 Å². The Bertz CT molecular complexity index is 300. The van der Waals surface area contributed by atoms with Crippen molar-refractivity contribution in [2.45, 2.75) is 27.2 Å². The van der Waals surface area contributed by atoms with Crippen LogP contribution in [0.4, 0.5) is 0 Å². The summed E-state index contributed by atoms with van der Waals surface area (Å²) in [6.45, 7) is 7.45. The molecule has 13 heavy (non-hydrogen) atoms. The molecule has 1 aliphatic rings. The minimum atomic E-state index is 0.275. The number of hydrogen-bond acceptors (Lipinski definition) is 3. The standard InChI is InChI=1S/C9H15N3O/c1-9(2,3)7-4-8-11-10-6-12(8)13-5-7/h6-7H,4-5H2,1-3H3. The van der Waals surface area contributed by atoms with Crippen LogP contribution >= 0.6 is 0 Å². The molecule has 0 N–H and O–H groups in total. The van der Waals surface area contributed by atoms with Crippen molar-refractivity contribution in [2.24, 2.45) is 11.3 Å². The van der Waals surface area contributed by atoms with E-state index in [1.807, 2.05) is 0 Å². The van der Waals surface area contributed by atoms with E-state index in [1.165, 1.54) is 0 Å². The largest absolute Gasteiger partial charge is 0.411 e. The minimum Gasteiger partial charge on any atom is -0.411 e. The van der Waals surface area contributed by atoms with Crippen molar-refractivity contribution in [3.63, 3.8) is 0 Å². The first kappa shape index (κ1) is 8.53. The third-order valence-electron chi connectivity index (χ3n) is 2.65. The minimum absolute atomic E-state index is 0.275.